The minimum atomic E-state index is -4.06. The van der Waals surface area contributed by atoms with Crippen LogP contribution in [-0.4, -0.2) is 24.5 Å². The molecule has 0 atom stereocenters. The van der Waals surface area contributed by atoms with Crippen LogP contribution in [0.1, 0.15) is 15.9 Å². The van der Waals surface area contributed by atoms with Gasteiger partial charge in [0.2, 0.25) is 0 Å². The number of rotatable bonds is 4. The molecule has 0 unspecified atom stereocenters. The number of nitrogens with one attached hydrogen (secondary N) is 2. The standard InChI is InChI=1S/C15H12N2O6S/c1-8-3-2-4-10(14(18)19)13(8)17-24(21,22)9-5-6-11-12(7-9)23-15(20)16-11/h2-7,17H,1H3,(H,16,20)(H,18,19). The first-order chi connectivity index (χ1) is 11.3. The van der Waals surface area contributed by atoms with E-state index in [4.69, 9.17) is 4.42 Å². The van der Waals surface area contributed by atoms with Crippen molar-refractivity contribution < 1.29 is 22.7 Å². The van der Waals surface area contributed by atoms with Crippen molar-refractivity contribution in [1.82, 2.24) is 4.98 Å². The van der Waals surface area contributed by atoms with Crippen molar-refractivity contribution in [3.05, 3.63) is 58.1 Å². The topological polar surface area (TPSA) is 129 Å². The molecule has 0 spiro atoms. The number of carboxylic acids is 1. The molecular weight excluding hydrogens is 336 g/mol. The molecule has 0 aliphatic heterocycles. The van der Waals surface area contributed by atoms with E-state index in [2.05, 4.69) is 9.71 Å². The van der Waals surface area contributed by atoms with E-state index in [1.54, 1.807) is 13.0 Å². The second kappa shape index (κ2) is 5.53. The van der Waals surface area contributed by atoms with Crippen LogP contribution in [0.5, 0.6) is 0 Å². The first-order valence-electron chi connectivity index (χ1n) is 6.76. The molecule has 24 heavy (non-hydrogen) atoms. The Balaban J connectivity index is 2.08. The van der Waals surface area contributed by atoms with Crippen LogP contribution in [0, 0.1) is 6.92 Å². The zero-order chi connectivity index (χ0) is 17.5. The van der Waals surface area contributed by atoms with Crippen LogP contribution in [0.4, 0.5) is 5.69 Å². The van der Waals surface area contributed by atoms with Crippen LogP contribution in [-0.2, 0) is 10.0 Å². The van der Waals surface area contributed by atoms with Gasteiger partial charge in [0.15, 0.2) is 5.58 Å². The number of para-hydroxylation sites is 1. The van der Waals surface area contributed by atoms with Gasteiger partial charge in [0, 0.05) is 6.07 Å². The molecule has 9 heteroatoms. The highest BCUT2D eigenvalue weighted by Crippen LogP contribution is 2.25. The maximum absolute atomic E-state index is 12.5. The molecule has 0 saturated heterocycles. The van der Waals surface area contributed by atoms with Crippen LogP contribution in [0.25, 0.3) is 11.1 Å². The Kier molecular flexibility index (Phi) is 3.64. The number of H-pyrrole nitrogens is 1. The van der Waals surface area contributed by atoms with Gasteiger partial charge < -0.3 is 9.52 Å². The minimum absolute atomic E-state index is 0.0133. The Bertz CT molecular complexity index is 1110. The monoisotopic (exact) mass is 348 g/mol. The molecule has 0 amide bonds. The summed E-state index contributed by atoms with van der Waals surface area (Å²) in [6.45, 7) is 1.60. The van der Waals surface area contributed by atoms with Crippen molar-refractivity contribution in [2.24, 2.45) is 0 Å². The number of aromatic carboxylic acids is 1. The second-order valence-corrected chi connectivity index (χ2v) is 6.76. The summed E-state index contributed by atoms with van der Waals surface area (Å²) in [6.07, 6.45) is 0. The predicted molar refractivity (Wildman–Crippen MR) is 85.8 cm³/mol. The fourth-order valence-corrected chi connectivity index (χ4v) is 3.43. The van der Waals surface area contributed by atoms with Gasteiger partial charge in [0.05, 0.1) is 21.7 Å². The normalized spacial score (nSPS) is 11.5. The zero-order valence-electron chi connectivity index (χ0n) is 12.4. The fraction of sp³-hybridized carbons (Fsp3) is 0.0667. The summed E-state index contributed by atoms with van der Waals surface area (Å²) in [7, 11) is -4.06. The molecule has 3 rings (SSSR count). The number of fused-ring (bicyclic) bond motifs is 1. The van der Waals surface area contributed by atoms with Crippen molar-refractivity contribution in [3.8, 4) is 0 Å². The number of anilines is 1. The van der Waals surface area contributed by atoms with Gasteiger partial charge >= 0.3 is 11.7 Å². The van der Waals surface area contributed by atoms with Crippen LogP contribution < -0.4 is 10.5 Å². The third-order valence-corrected chi connectivity index (χ3v) is 4.79. The smallest absolute Gasteiger partial charge is 0.417 e. The average Bonchev–Trinajstić information content (AvgIpc) is 2.88. The highest BCUT2D eigenvalue weighted by Gasteiger charge is 2.21. The van der Waals surface area contributed by atoms with Crippen LogP contribution in [0.3, 0.4) is 0 Å². The second-order valence-electron chi connectivity index (χ2n) is 5.08. The van der Waals surface area contributed by atoms with Crippen molar-refractivity contribution in [2.75, 3.05) is 4.72 Å². The highest BCUT2D eigenvalue weighted by molar-refractivity contribution is 7.92. The van der Waals surface area contributed by atoms with Crippen molar-refractivity contribution in [3.63, 3.8) is 0 Å². The first kappa shape index (κ1) is 15.8. The molecule has 1 heterocycles. The summed E-state index contributed by atoms with van der Waals surface area (Å²) < 4.78 is 32.2. The Morgan fingerprint density at radius 3 is 2.71 bits per heavy atom. The summed E-state index contributed by atoms with van der Waals surface area (Å²) >= 11 is 0. The average molecular weight is 348 g/mol. The van der Waals surface area contributed by atoms with Crippen molar-refractivity contribution in [1.29, 1.82) is 0 Å². The highest BCUT2D eigenvalue weighted by atomic mass is 32.2. The molecule has 124 valence electrons. The summed E-state index contributed by atoms with van der Waals surface area (Å²) in [6, 6.07) is 8.30. The van der Waals surface area contributed by atoms with Gasteiger partial charge in [-0.2, -0.15) is 0 Å². The summed E-state index contributed by atoms with van der Waals surface area (Å²) in [5.74, 6) is -1.94. The Hall–Kier alpha value is -3.07. The first-order valence-corrected chi connectivity index (χ1v) is 8.25. The van der Waals surface area contributed by atoms with Gasteiger partial charge in [-0.3, -0.25) is 9.71 Å². The Morgan fingerprint density at radius 2 is 2.00 bits per heavy atom. The third kappa shape index (κ3) is 2.76. The lowest BCUT2D eigenvalue weighted by molar-refractivity contribution is 0.0698. The van der Waals surface area contributed by atoms with Gasteiger partial charge in [0.1, 0.15) is 0 Å². The SMILES string of the molecule is Cc1cccc(C(=O)O)c1NS(=O)(=O)c1ccc2[nH]c(=O)oc2c1. The number of aromatic nitrogens is 1. The summed E-state index contributed by atoms with van der Waals surface area (Å²) in [5, 5.41) is 9.21. The molecule has 3 aromatic rings. The van der Waals surface area contributed by atoms with E-state index in [1.165, 1.54) is 30.3 Å². The van der Waals surface area contributed by atoms with Gasteiger partial charge in [-0.25, -0.2) is 18.0 Å². The van der Waals surface area contributed by atoms with Crippen molar-refractivity contribution in [2.45, 2.75) is 11.8 Å². The van der Waals surface area contributed by atoms with E-state index in [-0.39, 0.29) is 21.7 Å². The molecule has 2 aromatic carbocycles. The zero-order valence-corrected chi connectivity index (χ0v) is 13.2. The van der Waals surface area contributed by atoms with Gasteiger partial charge in [-0.05, 0) is 30.7 Å². The molecule has 0 fully saturated rings. The lowest BCUT2D eigenvalue weighted by atomic mass is 10.1. The summed E-state index contributed by atoms with van der Waals surface area (Å²) in [5.41, 5.74) is 0.744. The number of hydrogen-bond donors (Lipinski definition) is 3. The minimum Gasteiger partial charge on any atom is -0.478 e. The maximum Gasteiger partial charge on any atom is 0.417 e. The van der Waals surface area contributed by atoms with Crippen LogP contribution >= 0.6 is 0 Å². The van der Waals surface area contributed by atoms with Gasteiger partial charge in [-0.15, -0.1) is 0 Å². The molecular formula is C15H12N2O6S. The number of hydrogen-bond acceptors (Lipinski definition) is 5. The van der Waals surface area contributed by atoms with Gasteiger partial charge in [-0.1, -0.05) is 12.1 Å². The molecule has 8 nitrogen and oxygen atoms in total. The number of sulfonamides is 1. The largest absolute Gasteiger partial charge is 0.478 e. The maximum atomic E-state index is 12.5. The number of oxazole rings is 1. The Morgan fingerprint density at radius 1 is 1.25 bits per heavy atom. The quantitative estimate of drug-likeness (QED) is 0.660. The molecule has 0 aliphatic carbocycles. The van der Waals surface area contributed by atoms with E-state index in [1.807, 2.05) is 0 Å². The van der Waals surface area contributed by atoms with Crippen LogP contribution in [0.15, 0.2) is 50.5 Å². The van der Waals surface area contributed by atoms with E-state index < -0.39 is 21.7 Å². The van der Waals surface area contributed by atoms with Crippen molar-refractivity contribution >= 4 is 32.8 Å². The number of aromatic amines is 1. The molecule has 0 bridgehead atoms. The Labute approximate surface area is 135 Å². The lowest BCUT2D eigenvalue weighted by Crippen LogP contribution is -2.16. The van der Waals surface area contributed by atoms with Gasteiger partial charge in [0.25, 0.3) is 10.0 Å². The molecule has 0 aliphatic rings. The third-order valence-electron chi connectivity index (χ3n) is 3.44. The van der Waals surface area contributed by atoms with E-state index in [9.17, 15) is 23.1 Å². The van der Waals surface area contributed by atoms with E-state index >= 15 is 0 Å². The van der Waals surface area contributed by atoms with E-state index in [0.29, 0.717) is 11.1 Å². The number of carbonyl (C=O) groups is 1. The lowest BCUT2D eigenvalue weighted by Gasteiger charge is -2.13. The number of aryl methyl sites for hydroxylation is 1. The predicted octanol–water partition coefficient (Wildman–Crippen LogP) is 1.93. The van der Waals surface area contributed by atoms with E-state index in [0.717, 1.165) is 0 Å². The van der Waals surface area contributed by atoms with Crippen LogP contribution in [0.2, 0.25) is 0 Å². The number of benzene rings is 2. The fourth-order valence-electron chi connectivity index (χ4n) is 2.27. The molecule has 0 saturated carbocycles. The molecule has 0 radical (unpaired) electrons. The summed E-state index contributed by atoms with van der Waals surface area (Å²) in [4.78, 5) is 24.7. The number of carboxylic acid groups (broad SMARTS) is 1. The molecule has 3 N–H and O–H groups in total. The molecule has 1 aromatic heterocycles.